The molecule has 2 fully saturated rings. The Hall–Kier alpha value is 0.270. The summed E-state index contributed by atoms with van der Waals surface area (Å²) in [7, 11) is 0. The van der Waals surface area contributed by atoms with Gasteiger partial charge in [0.2, 0.25) is 0 Å². The predicted molar refractivity (Wildman–Crippen MR) is 75.6 cm³/mol. The maximum atomic E-state index is 10.6. The Morgan fingerprint density at radius 2 is 1.88 bits per heavy atom. The molecule has 0 bridgehead atoms. The van der Waals surface area contributed by atoms with E-state index in [9.17, 15) is 5.11 Å². The summed E-state index contributed by atoms with van der Waals surface area (Å²) in [4.78, 5) is 0. The number of rotatable bonds is 4. The van der Waals surface area contributed by atoms with Gasteiger partial charge in [-0.15, -0.1) is 0 Å². The largest absolute Gasteiger partial charge is 0.389 e. The van der Waals surface area contributed by atoms with Crippen molar-refractivity contribution in [3.8, 4) is 0 Å². The van der Waals surface area contributed by atoms with E-state index < -0.39 is 5.60 Å². The molecule has 0 heterocycles. The first-order valence-corrected chi connectivity index (χ1v) is 8.49. The molecule has 17 heavy (non-hydrogen) atoms. The standard InChI is InChI=1S/C14H27NOS/c1-17-13-7-6-12(10-13)15-11-14(16)8-4-2-3-5-9-14/h12-13,15-16H,2-11H2,1H3. The first kappa shape index (κ1) is 13.7. The van der Waals surface area contributed by atoms with Crippen LogP contribution in [-0.4, -0.2) is 34.8 Å². The molecule has 100 valence electrons. The van der Waals surface area contributed by atoms with Crippen LogP contribution in [0.5, 0.6) is 0 Å². The fourth-order valence-electron chi connectivity index (χ4n) is 3.24. The molecule has 2 aliphatic rings. The molecule has 0 saturated heterocycles. The van der Waals surface area contributed by atoms with Gasteiger partial charge >= 0.3 is 0 Å². The third kappa shape index (κ3) is 4.15. The lowest BCUT2D eigenvalue weighted by molar-refractivity contribution is 0.0229. The molecule has 2 unspecified atom stereocenters. The SMILES string of the molecule is CSC1CCC(NCC2(O)CCCCCC2)C1. The third-order valence-electron chi connectivity index (χ3n) is 4.47. The minimum atomic E-state index is -0.409. The zero-order valence-corrected chi connectivity index (χ0v) is 11.9. The Morgan fingerprint density at radius 3 is 2.47 bits per heavy atom. The van der Waals surface area contributed by atoms with E-state index in [1.807, 2.05) is 11.8 Å². The van der Waals surface area contributed by atoms with Gasteiger partial charge in [0.05, 0.1) is 5.60 Å². The van der Waals surface area contributed by atoms with Gasteiger partial charge in [-0.1, -0.05) is 25.7 Å². The molecule has 0 aromatic carbocycles. The van der Waals surface area contributed by atoms with E-state index in [0.29, 0.717) is 6.04 Å². The van der Waals surface area contributed by atoms with Crippen molar-refractivity contribution in [1.82, 2.24) is 5.32 Å². The molecular formula is C14H27NOS. The lowest BCUT2D eigenvalue weighted by Gasteiger charge is -2.28. The van der Waals surface area contributed by atoms with E-state index in [1.165, 1.54) is 44.9 Å². The highest BCUT2D eigenvalue weighted by Gasteiger charge is 2.30. The maximum absolute atomic E-state index is 10.6. The minimum absolute atomic E-state index is 0.409. The smallest absolute Gasteiger partial charge is 0.0771 e. The average Bonchev–Trinajstić information content (AvgIpc) is 2.69. The number of aliphatic hydroxyl groups is 1. The number of hydrogen-bond donors (Lipinski definition) is 2. The van der Waals surface area contributed by atoms with E-state index in [4.69, 9.17) is 0 Å². The van der Waals surface area contributed by atoms with Crippen molar-refractivity contribution in [1.29, 1.82) is 0 Å². The Kier molecular flexibility index (Phi) is 5.19. The van der Waals surface area contributed by atoms with Crippen LogP contribution in [0.25, 0.3) is 0 Å². The van der Waals surface area contributed by atoms with Crippen molar-refractivity contribution in [2.24, 2.45) is 0 Å². The second-order valence-corrected chi connectivity index (χ2v) is 7.03. The molecule has 0 amide bonds. The molecular weight excluding hydrogens is 230 g/mol. The second-order valence-electron chi connectivity index (χ2n) is 5.89. The zero-order valence-electron chi connectivity index (χ0n) is 11.1. The molecule has 0 radical (unpaired) electrons. The lowest BCUT2D eigenvalue weighted by atomic mass is 9.94. The third-order valence-corrected chi connectivity index (χ3v) is 5.57. The molecule has 2 rings (SSSR count). The van der Waals surface area contributed by atoms with Crippen molar-refractivity contribution in [3.63, 3.8) is 0 Å². The van der Waals surface area contributed by atoms with Crippen molar-refractivity contribution in [3.05, 3.63) is 0 Å². The van der Waals surface area contributed by atoms with Crippen LogP contribution in [0.4, 0.5) is 0 Å². The van der Waals surface area contributed by atoms with Crippen LogP contribution in [0.2, 0.25) is 0 Å². The van der Waals surface area contributed by atoms with Crippen molar-refractivity contribution >= 4 is 11.8 Å². The van der Waals surface area contributed by atoms with Gasteiger partial charge < -0.3 is 10.4 Å². The molecule has 0 aromatic heterocycles. The Bertz CT molecular complexity index is 226. The fourth-order valence-corrected chi connectivity index (χ4v) is 4.03. The van der Waals surface area contributed by atoms with Gasteiger partial charge in [-0.25, -0.2) is 0 Å². The Morgan fingerprint density at radius 1 is 1.18 bits per heavy atom. The molecule has 3 heteroatoms. The van der Waals surface area contributed by atoms with Crippen molar-refractivity contribution < 1.29 is 5.11 Å². The Labute approximate surface area is 110 Å². The normalized spacial score (nSPS) is 33.5. The van der Waals surface area contributed by atoms with Gasteiger partial charge in [0, 0.05) is 17.8 Å². The minimum Gasteiger partial charge on any atom is -0.389 e. The highest BCUT2D eigenvalue weighted by molar-refractivity contribution is 7.99. The maximum Gasteiger partial charge on any atom is 0.0771 e. The van der Waals surface area contributed by atoms with Gasteiger partial charge in [-0.05, 0) is 38.4 Å². The highest BCUT2D eigenvalue weighted by Crippen LogP contribution is 2.30. The van der Waals surface area contributed by atoms with Crippen LogP contribution in [0.1, 0.15) is 57.8 Å². The Balaban J connectivity index is 1.73. The molecule has 0 aliphatic heterocycles. The van der Waals surface area contributed by atoms with Gasteiger partial charge in [0.15, 0.2) is 0 Å². The first-order valence-electron chi connectivity index (χ1n) is 7.20. The summed E-state index contributed by atoms with van der Waals surface area (Å²) < 4.78 is 0. The second kappa shape index (κ2) is 6.44. The van der Waals surface area contributed by atoms with E-state index in [2.05, 4.69) is 11.6 Å². The topological polar surface area (TPSA) is 32.3 Å². The summed E-state index contributed by atoms with van der Waals surface area (Å²) in [5, 5.41) is 15.0. The molecule has 2 aliphatic carbocycles. The van der Waals surface area contributed by atoms with E-state index in [1.54, 1.807) is 0 Å². The molecule has 2 saturated carbocycles. The van der Waals surface area contributed by atoms with Gasteiger partial charge in [-0.2, -0.15) is 11.8 Å². The monoisotopic (exact) mass is 257 g/mol. The van der Waals surface area contributed by atoms with Crippen LogP contribution in [-0.2, 0) is 0 Å². The molecule has 2 N–H and O–H groups in total. The van der Waals surface area contributed by atoms with Crippen LogP contribution in [0.3, 0.4) is 0 Å². The highest BCUT2D eigenvalue weighted by atomic mass is 32.2. The van der Waals surface area contributed by atoms with Crippen LogP contribution < -0.4 is 5.32 Å². The fraction of sp³-hybridized carbons (Fsp3) is 1.00. The summed E-state index contributed by atoms with van der Waals surface area (Å²) in [6.45, 7) is 0.818. The van der Waals surface area contributed by atoms with E-state index in [-0.39, 0.29) is 0 Å². The van der Waals surface area contributed by atoms with Crippen molar-refractivity contribution in [2.45, 2.75) is 74.7 Å². The van der Waals surface area contributed by atoms with Crippen LogP contribution in [0.15, 0.2) is 0 Å². The summed E-state index contributed by atoms with van der Waals surface area (Å²) in [6.07, 6.45) is 13.2. The van der Waals surface area contributed by atoms with Crippen LogP contribution >= 0.6 is 11.8 Å². The van der Waals surface area contributed by atoms with E-state index >= 15 is 0 Å². The number of thioether (sulfide) groups is 1. The first-order chi connectivity index (χ1) is 8.22. The quantitative estimate of drug-likeness (QED) is 0.760. The summed E-state index contributed by atoms with van der Waals surface area (Å²) in [6, 6.07) is 0.653. The lowest BCUT2D eigenvalue weighted by Crippen LogP contribution is -2.43. The van der Waals surface area contributed by atoms with Gasteiger partial charge in [-0.3, -0.25) is 0 Å². The predicted octanol–water partition coefficient (Wildman–Crippen LogP) is 2.95. The molecule has 2 nitrogen and oxygen atoms in total. The van der Waals surface area contributed by atoms with Gasteiger partial charge in [0.25, 0.3) is 0 Å². The summed E-state index contributed by atoms with van der Waals surface area (Å²) >= 11 is 2.00. The molecule has 0 aromatic rings. The summed E-state index contributed by atoms with van der Waals surface area (Å²) in [5.74, 6) is 0. The molecule has 0 spiro atoms. The summed E-state index contributed by atoms with van der Waals surface area (Å²) in [5.41, 5.74) is -0.409. The van der Waals surface area contributed by atoms with Crippen molar-refractivity contribution in [2.75, 3.05) is 12.8 Å². The number of hydrogen-bond acceptors (Lipinski definition) is 3. The zero-order chi connectivity index (χ0) is 12.1. The average molecular weight is 257 g/mol. The van der Waals surface area contributed by atoms with Gasteiger partial charge in [0.1, 0.15) is 0 Å². The van der Waals surface area contributed by atoms with E-state index in [0.717, 1.165) is 24.6 Å². The number of nitrogens with one attached hydrogen (secondary N) is 1. The molecule has 2 atom stereocenters. The van der Waals surface area contributed by atoms with Crippen LogP contribution in [0, 0.1) is 0 Å².